The molecule has 8 heteroatoms. The quantitative estimate of drug-likeness (QED) is 0.634. The summed E-state index contributed by atoms with van der Waals surface area (Å²) in [4.78, 5) is 33.2. The van der Waals surface area contributed by atoms with Gasteiger partial charge in [-0.05, 0) is 29.3 Å². The number of hydrogen-bond acceptors (Lipinski definition) is 5. The third-order valence-electron chi connectivity index (χ3n) is 2.68. The molecule has 8 nitrogen and oxygen atoms in total. The first-order valence-electron chi connectivity index (χ1n) is 5.79. The van der Waals surface area contributed by atoms with Gasteiger partial charge in [0.15, 0.2) is 5.03 Å². The van der Waals surface area contributed by atoms with Crippen LogP contribution in [0.4, 0.5) is 11.4 Å². The van der Waals surface area contributed by atoms with E-state index in [4.69, 9.17) is 0 Å². The standard InChI is InChI=1S/C13H9N3O5/c17-13(10-6-8-12(9-7-10)15(18)19)14(16(20)21)11-4-2-1-3-5-11/h1-9H. The molecule has 0 unspecified atom stereocenters. The number of nitro benzene ring substituents is 1. The second-order valence-electron chi connectivity index (χ2n) is 3.99. The molecule has 0 N–H and O–H groups in total. The van der Waals surface area contributed by atoms with E-state index in [1.165, 1.54) is 24.3 Å². The molecule has 0 aliphatic rings. The third-order valence-corrected chi connectivity index (χ3v) is 2.68. The van der Waals surface area contributed by atoms with Gasteiger partial charge >= 0.3 is 5.91 Å². The lowest BCUT2D eigenvalue weighted by Crippen LogP contribution is -2.36. The van der Waals surface area contributed by atoms with E-state index in [0.717, 1.165) is 12.1 Å². The van der Waals surface area contributed by atoms with Crippen molar-refractivity contribution in [2.24, 2.45) is 0 Å². The zero-order chi connectivity index (χ0) is 15.4. The van der Waals surface area contributed by atoms with Gasteiger partial charge in [0.05, 0.1) is 4.92 Å². The number of non-ortho nitro benzene ring substituents is 1. The van der Waals surface area contributed by atoms with Crippen LogP contribution in [-0.2, 0) is 0 Å². The Bertz CT molecular complexity index is 685. The van der Waals surface area contributed by atoms with Crippen molar-refractivity contribution in [1.82, 2.24) is 0 Å². The van der Waals surface area contributed by atoms with Crippen molar-refractivity contribution in [3.05, 3.63) is 80.4 Å². The van der Waals surface area contributed by atoms with Crippen LogP contribution in [0.5, 0.6) is 0 Å². The number of carbonyl (C=O) groups is 1. The normalized spacial score (nSPS) is 9.90. The van der Waals surface area contributed by atoms with Gasteiger partial charge in [0.2, 0.25) is 0 Å². The van der Waals surface area contributed by atoms with Gasteiger partial charge in [0, 0.05) is 17.7 Å². The monoisotopic (exact) mass is 287 g/mol. The minimum Gasteiger partial charge on any atom is -0.262 e. The molecule has 0 aromatic heterocycles. The second-order valence-corrected chi connectivity index (χ2v) is 3.99. The van der Waals surface area contributed by atoms with Gasteiger partial charge in [-0.1, -0.05) is 18.2 Å². The van der Waals surface area contributed by atoms with Crippen LogP contribution in [0.3, 0.4) is 0 Å². The van der Waals surface area contributed by atoms with E-state index >= 15 is 0 Å². The van der Waals surface area contributed by atoms with Crippen LogP contribution >= 0.6 is 0 Å². The molecule has 0 aliphatic heterocycles. The summed E-state index contributed by atoms with van der Waals surface area (Å²) in [5, 5.41) is 21.2. The summed E-state index contributed by atoms with van der Waals surface area (Å²) < 4.78 is 0. The topological polar surface area (TPSA) is 107 Å². The maximum Gasteiger partial charge on any atom is 0.319 e. The molecule has 2 aromatic carbocycles. The molecule has 0 saturated heterocycles. The molecule has 0 aliphatic carbocycles. The molecule has 0 spiro atoms. The molecule has 0 fully saturated rings. The first-order valence-corrected chi connectivity index (χ1v) is 5.79. The summed E-state index contributed by atoms with van der Waals surface area (Å²) in [5.74, 6) is -0.874. The van der Waals surface area contributed by atoms with Gasteiger partial charge in [-0.3, -0.25) is 14.9 Å². The SMILES string of the molecule is O=C(c1ccc([N+](=O)[O-])cc1)N(c1ccccc1)[N+](=O)[O-]. The molecule has 106 valence electrons. The van der Waals surface area contributed by atoms with Gasteiger partial charge in [0.1, 0.15) is 5.69 Å². The van der Waals surface area contributed by atoms with Gasteiger partial charge in [0.25, 0.3) is 5.69 Å². The number of hydrazine groups is 1. The van der Waals surface area contributed by atoms with E-state index in [0.29, 0.717) is 5.01 Å². The number of nitrogens with zero attached hydrogens (tertiary/aromatic N) is 3. The van der Waals surface area contributed by atoms with Gasteiger partial charge in [-0.15, -0.1) is 0 Å². The molecule has 2 aromatic rings. The van der Waals surface area contributed by atoms with E-state index in [1.54, 1.807) is 18.2 Å². The Morgan fingerprint density at radius 3 is 1.95 bits per heavy atom. The van der Waals surface area contributed by atoms with Crippen LogP contribution < -0.4 is 5.01 Å². The molecule has 1 amide bonds. The summed E-state index contributed by atoms with van der Waals surface area (Å²) in [7, 11) is 0. The number of carbonyl (C=O) groups excluding carboxylic acids is 1. The molecule has 0 atom stereocenters. The summed E-state index contributed by atoms with van der Waals surface area (Å²) in [5.41, 5.74) is -0.106. The van der Waals surface area contributed by atoms with Crippen LogP contribution in [-0.4, -0.2) is 15.9 Å². The number of rotatable bonds is 4. The molecular weight excluding hydrogens is 278 g/mol. The predicted octanol–water partition coefficient (Wildman–Crippen LogP) is 2.43. The number of amides is 1. The molecule has 0 saturated carbocycles. The van der Waals surface area contributed by atoms with E-state index in [9.17, 15) is 25.0 Å². The summed E-state index contributed by atoms with van der Waals surface area (Å²) in [6, 6.07) is 12.2. The molecular formula is C13H9N3O5. The summed E-state index contributed by atoms with van der Waals surface area (Å²) in [6.45, 7) is 0. The maximum absolute atomic E-state index is 12.2. The smallest absolute Gasteiger partial charge is 0.262 e. The number of hydrogen-bond donors (Lipinski definition) is 0. The minimum atomic E-state index is -0.874. The highest BCUT2D eigenvalue weighted by Gasteiger charge is 2.28. The van der Waals surface area contributed by atoms with Crippen molar-refractivity contribution >= 4 is 17.3 Å². The first kappa shape index (κ1) is 14.1. The fraction of sp³-hybridized carbons (Fsp3) is 0. The van der Waals surface area contributed by atoms with E-state index in [-0.39, 0.29) is 16.9 Å². The van der Waals surface area contributed by atoms with Crippen LogP contribution in [0.2, 0.25) is 0 Å². The third kappa shape index (κ3) is 3.00. The lowest BCUT2D eigenvalue weighted by atomic mass is 10.2. The Morgan fingerprint density at radius 2 is 1.48 bits per heavy atom. The van der Waals surface area contributed by atoms with Crippen LogP contribution in [0.25, 0.3) is 0 Å². The Hall–Kier alpha value is -3.29. The molecule has 2 rings (SSSR count). The van der Waals surface area contributed by atoms with E-state index < -0.39 is 15.9 Å². The fourth-order valence-electron chi connectivity index (χ4n) is 1.70. The molecule has 21 heavy (non-hydrogen) atoms. The van der Waals surface area contributed by atoms with Crippen LogP contribution in [0.1, 0.15) is 10.4 Å². The summed E-state index contributed by atoms with van der Waals surface area (Å²) in [6.07, 6.45) is 0. The Labute approximate surface area is 118 Å². The lowest BCUT2D eigenvalue weighted by molar-refractivity contribution is -0.481. The van der Waals surface area contributed by atoms with Crippen LogP contribution in [0, 0.1) is 20.2 Å². The van der Waals surface area contributed by atoms with Crippen molar-refractivity contribution in [2.75, 3.05) is 5.01 Å². The largest absolute Gasteiger partial charge is 0.319 e. The van der Waals surface area contributed by atoms with E-state index in [2.05, 4.69) is 0 Å². The van der Waals surface area contributed by atoms with Gasteiger partial charge in [-0.25, -0.2) is 10.1 Å². The zero-order valence-corrected chi connectivity index (χ0v) is 10.6. The van der Waals surface area contributed by atoms with E-state index in [1.807, 2.05) is 0 Å². The van der Waals surface area contributed by atoms with Crippen molar-refractivity contribution in [3.8, 4) is 0 Å². The van der Waals surface area contributed by atoms with Crippen molar-refractivity contribution < 1.29 is 14.8 Å². The average Bonchev–Trinajstić information content (AvgIpc) is 2.48. The zero-order valence-electron chi connectivity index (χ0n) is 10.6. The first-order chi connectivity index (χ1) is 10.0. The minimum absolute atomic E-state index is 0.0128. The number of para-hydroxylation sites is 1. The van der Waals surface area contributed by atoms with Gasteiger partial charge < -0.3 is 0 Å². The molecule has 0 radical (unpaired) electrons. The molecule has 0 bridgehead atoms. The lowest BCUT2D eigenvalue weighted by Gasteiger charge is -2.12. The Morgan fingerprint density at radius 1 is 0.905 bits per heavy atom. The van der Waals surface area contributed by atoms with Crippen molar-refractivity contribution in [2.45, 2.75) is 0 Å². The predicted molar refractivity (Wildman–Crippen MR) is 73.3 cm³/mol. The number of nitro groups is 2. The number of anilines is 1. The Kier molecular flexibility index (Phi) is 3.89. The average molecular weight is 287 g/mol. The molecule has 0 heterocycles. The van der Waals surface area contributed by atoms with Crippen LogP contribution in [0.15, 0.2) is 54.6 Å². The highest BCUT2D eigenvalue weighted by molar-refractivity contribution is 6.04. The number of benzene rings is 2. The highest BCUT2D eigenvalue weighted by atomic mass is 16.7. The maximum atomic E-state index is 12.2. The Balaban J connectivity index is 2.35. The van der Waals surface area contributed by atoms with Gasteiger partial charge in [-0.2, -0.15) is 0 Å². The summed E-state index contributed by atoms with van der Waals surface area (Å²) >= 11 is 0. The highest BCUT2D eigenvalue weighted by Crippen LogP contribution is 2.18. The fourth-order valence-corrected chi connectivity index (χ4v) is 1.70. The second kappa shape index (κ2) is 5.78. The van der Waals surface area contributed by atoms with Crippen molar-refractivity contribution in [3.63, 3.8) is 0 Å². The van der Waals surface area contributed by atoms with Crippen molar-refractivity contribution in [1.29, 1.82) is 0 Å².